The van der Waals surface area contributed by atoms with E-state index in [-0.39, 0.29) is 24.3 Å². The number of benzene rings is 2. The molecule has 1 atom stereocenters. The van der Waals surface area contributed by atoms with Gasteiger partial charge in [0.15, 0.2) is 0 Å². The molecule has 0 aliphatic carbocycles. The number of nitrogens with zero attached hydrogens (tertiary/aromatic N) is 1. The maximum absolute atomic E-state index is 12.2. The van der Waals surface area contributed by atoms with Crippen molar-refractivity contribution in [1.82, 2.24) is 5.32 Å². The summed E-state index contributed by atoms with van der Waals surface area (Å²) in [4.78, 5) is 26.0. The monoisotopic (exact) mass is 362 g/mol. The lowest BCUT2D eigenvalue weighted by molar-refractivity contribution is -0.121. The SMILES string of the molecule is O=C(Cc1ccc(Cl)cc1)N[C@H]1CC(=O)N(c2ccc(Cl)cc2)C1. The second-order valence-electron chi connectivity index (χ2n) is 5.75. The summed E-state index contributed by atoms with van der Waals surface area (Å²) in [5.41, 5.74) is 1.68. The molecule has 0 aromatic heterocycles. The van der Waals surface area contributed by atoms with Gasteiger partial charge in [0.05, 0.1) is 12.5 Å². The Hall–Kier alpha value is -2.04. The van der Waals surface area contributed by atoms with E-state index in [9.17, 15) is 9.59 Å². The summed E-state index contributed by atoms with van der Waals surface area (Å²) in [5, 5.41) is 4.18. The molecule has 2 aromatic rings. The third-order valence-electron chi connectivity index (χ3n) is 3.91. The number of carbonyl (C=O) groups excluding carboxylic acids is 2. The van der Waals surface area contributed by atoms with Crippen LogP contribution in [0.1, 0.15) is 12.0 Å². The van der Waals surface area contributed by atoms with E-state index < -0.39 is 0 Å². The lowest BCUT2D eigenvalue weighted by atomic mass is 10.1. The Morgan fingerprint density at radius 1 is 1.04 bits per heavy atom. The fourth-order valence-corrected chi connectivity index (χ4v) is 2.99. The summed E-state index contributed by atoms with van der Waals surface area (Å²) in [6, 6.07) is 14.1. The Morgan fingerprint density at radius 3 is 2.25 bits per heavy atom. The van der Waals surface area contributed by atoms with Gasteiger partial charge in [-0.25, -0.2) is 0 Å². The highest BCUT2D eigenvalue weighted by Crippen LogP contribution is 2.23. The maximum Gasteiger partial charge on any atom is 0.229 e. The lowest BCUT2D eigenvalue weighted by Gasteiger charge is -2.17. The molecule has 0 spiro atoms. The number of amides is 2. The second kappa shape index (κ2) is 7.24. The van der Waals surface area contributed by atoms with Gasteiger partial charge in [0.2, 0.25) is 11.8 Å². The first-order chi connectivity index (χ1) is 11.5. The fraction of sp³-hybridized carbons (Fsp3) is 0.222. The second-order valence-corrected chi connectivity index (χ2v) is 6.63. The van der Waals surface area contributed by atoms with Crippen molar-refractivity contribution in [3.05, 3.63) is 64.1 Å². The molecule has 1 aliphatic rings. The number of rotatable bonds is 4. The van der Waals surface area contributed by atoms with Crippen molar-refractivity contribution in [1.29, 1.82) is 0 Å². The molecule has 0 saturated carbocycles. The van der Waals surface area contributed by atoms with Crippen molar-refractivity contribution in [2.45, 2.75) is 18.9 Å². The molecule has 24 heavy (non-hydrogen) atoms. The van der Waals surface area contributed by atoms with Gasteiger partial charge in [0.1, 0.15) is 0 Å². The summed E-state index contributed by atoms with van der Waals surface area (Å²) < 4.78 is 0. The maximum atomic E-state index is 12.2. The van der Waals surface area contributed by atoms with Crippen molar-refractivity contribution in [3.8, 4) is 0 Å². The minimum atomic E-state index is -0.187. The Balaban J connectivity index is 1.58. The summed E-state index contributed by atoms with van der Waals surface area (Å²) >= 11 is 11.7. The van der Waals surface area contributed by atoms with Crippen molar-refractivity contribution in [2.75, 3.05) is 11.4 Å². The van der Waals surface area contributed by atoms with Crippen LogP contribution < -0.4 is 10.2 Å². The van der Waals surface area contributed by atoms with E-state index in [1.807, 2.05) is 12.1 Å². The third-order valence-corrected chi connectivity index (χ3v) is 4.41. The standard InChI is InChI=1S/C18H16Cl2N2O2/c19-13-3-1-12(2-4-13)9-17(23)21-15-10-18(24)22(11-15)16-7-5-14(20)6-8-16/h1-8,15H,9-11H2,(H,21,23)/t15-/m0/s1. The number of halogens is 2. The van der Waals surface area contributed by atoms with Crippen LogP contribution in [-0.2, 0) is 16.0 Å². The quantitative estimate of drug-likeness (QED) is 0.905. The molecule has 1 aliphatic heterocycles. The van der Waals surface area contributed by atoms with Gasteiger partial charge in [-0.1, -0.05) is 35.3 Å². The average Bonchev–Trinajstić information content (AvgIpc) is 2.90. The highest BCUT2D eigenvalue weighted by molar-refractivity contribution is 6.30. The normalized spacial score (nSPS) is 17.2. The molecular formula is C18H16Cl2N2O2. The van der Waals surface area contributed by atoms with Gasteiger partial charge in [-0.05, 0) is 42.0 Å². The van der Waals surface area contributed by atoms with E-state index in [2.05, 4.69) is 5.32 Å². The van der Waals surface area contributed by atoms with Crippen molar-refractivity contribution < 1.29 is 9.59 Å². The molecule has 6 heteroatoms. The minimum Gasteiger partial charge on any atom is -0.351 e. The molecule has 1 heterocycles. The summed E-state index contributed by atoms with van der Waals surface area (Å²) in [6.07, 6.45) is 0.567. The van der Waals surface area contributed by atoms with Crippen LogP contribution >= 0.6 is 23.2 Å². The van der Waals surface area contributed by atoms with Crippen LogP contribution in [0.2, 0.25) is 10.0 Å². The molecule has 4 nitrogen and oxygen atoms in total. The van der Waals surface area contributed by atoms with Gasteiger partial charge < -0.3 is 10.2 Å². The Labute approximate surface area is 150 Å². The predicted octanol–water partition coefficient (Wildman–Crippen LogP) is 3.46. The number of anilines is 1. The Bertz CT molecular complexity index is 745. The van der Waals surface area contributed by atoms with E-state index in [0.29, 0.717) is 23.0 Å². The molecule has 1 fully saturated rings. The topological polar surface area (TPSA) is 49.4 Å². The molecule has 0 unspecified atom stereocenters. The summed E-state index contributed by atoms with van der Waals surface area (Å²) in [7, 11) is 0. The molecular weight excluding hydrogens is 347 g/mol. The van der Waals surface area contributed by atoms with Gasteiger partial charge in [0, 0.05) is 28.7 Å². The first-order valence-corrected chi connectivity index (χ1v) is 8.36. The van der Waals surface area contributed by atoms with Crippen LogP contribution in [0.4, 0.5) is 5.69 Å². The van der Waals surface area contributed by atoms with Gasteiger partial charge in [0.25, 0.3) is 0 Å². The molecule has 1 N–H and O–H groups in total. The number of hydrogen-bond acceptors (Lipinski definition) is 2. The van der Waals surface area contributed by atoms with Crippen LogP contribution in [-0.4, -0.2) is 24.4 Å². The number of carbonyl (C=O) groups is 2. The van der Waals surface area contributed by atoms with E-state index in [0.717, 1.165) is 11.3 Å². The lowest BCUT2D eigenvalue weighted by Crippen LogP contribution is -2.38. The Kier molecular flexibility index (Phi) is 5.07. The van der Waals surface area contributed by atoms with Gasteiger partial charge in [-0.15, -0.1) is 0 Å². The van der Waals surface area contributed by atoms with Crippen LogP contribution in [0.25, 0.3) is 0 Å². The van der Waals surface area contributed by atoms with Crippen LogP contribution in [0.15, 0.2) is 48.5 Å². The molecule has 1 saturated heterocycles. The molecule has 2 aromatic carbocycles. The van der Waals surface area contributed by atoms with E-state index in [1.165, 1.54) is 0 Å². The highest BCUT2D eigenvalue weighted by atomic mass is 35.5. The highest BCUT2D eigenvalue weighted by Gasteiger charge is 2.31. The average molecular weight is 363 g/mol. The summed E-state index contributed by atoms with van der Waals surface area (Å²) in [5.74, 6) is -0.109. The third kappa shape index (κ3) is 4.08. The zero-order chi connectivity index (χ0) is 17.1. The molecule has 124 valence electrons. The van der Waals surface area contributed by atoms with E-state index >= 15 is 0 Å². The predicted molar refractivity (Wildman–Crippen MR) is 95.5 cm³/mol. The van der Waals surface area contributed by atoms with Crippen molar-refractivity contribution in [3.63, 3.8) is 0 Å². The Morgan fingerprint density at radius 2 is 1.62 bits per heavy atom. The first kappa shape index (κ1) is 16.8. The van der Waals surface area contributed by atoms with Crippen LogP contribution in [0.5, 0.6) is 0 Å². The van der Waals surface area contributed by atoms with E-state index in [1.54, 1.807) is 41.3 Å². The van der Waals surface area contributed by atoms with Gasteiger partial charge >= 0.3 is 0 Å². The largest absolute Gasteiger partial charge is 0.351 e. The van der Waals surface area contributed by atoms with E-state index in [4.69, 9.17) is 23.2 Å². The van der Waals surface area contributed by atoms with Crippen LogP contribution in [0.3, 0.4) is 0 Å². The van der Waals surface area contributed by atoms with Gasteiger partial charge in [-0.3, -0.25) is 9.59 Å². The minimum absolute atomic E-state index is 0.00545. The molecule has 2 amide bonds. The first-order valence-electron chi connectivity index (χ1n) is 7.61. The zero-order valence-electron chi connectivity index (χ0n) is 12.8. The number of hydrogen-bond donors (Lipinski definition) is 1. The smallest absolute Gasteiger partial charge is 0.229 e. The molecule has 0 bridgehead atoms. The fourth-order valence-electron chi connectivity index (χ4n) is 2.74. The van der Waals surface area contributed by atoms with Crippen molar-refractivity contribution in [2.24, 2.45) is 0 Å². The molecule has 3 rings (SSSR count). The zero-order valence-corrected chi connectivity index (χ0v) is 14.3. The van der Waals surface area contributed by atoms with Gasteiger partial charge in [-0.2, -0.15) is 0 Å². The molecule has 0 radical (unpaired) electrons. The van der Waals surface area contributed by atoms with Crippen molar-refractivity contribution >= 4 is 40.7 Å². The summed E-state index contributed by atoms with van der Waals surface area (Å²) in [6.45, 7) is 0.465. The number of nitrogens with one attached hydrogen (secondary N) is 1. The van der Waals surface area contributed by atoms with Crippen LogP contribution in [0, 0.1) is 0 Å².